The van der Waals surface area contributed by atoms with Crippen LogP contribution in [0.4, 0.5) is 0 Å². The summed E-state index contributed by atoms with van der Waals surface area (Å²) in [4.78, 5) is 8.36. The van der Waals surface area contributed by atoms with Gasteiger partial charge in [-0.25, -0.2) is 0 Å². The van der Waals surface area contributed by atoms with Crippen molar-refractivity contribution < 1.29 is 4.52 Å². The summed E-state index contributed by atoms with van der Waals surface area (Å²) in [5.74, 6) is 1.03. The lowest BCUT2D eigenvalue weighted by molar-refractivity contribution is 0.376. The van der Waals surface area contributed by atoms with Gasteiger partial charge in [0.2, 0.25) is 11.7 Å². The highest BCUT2D eigenvalue weighted by molar-refractivity contribution is 8.13. The second kappa shape index (κ2) is 6.58. The first-order chi connectivity index (χ1) is 9.22. The molecule has 0 saturated carbocycles. The highest BCUT2D eigenvalue weighted by atomic mass is 35.5. The largest absolute Gasteiger partial charge is 0.356 e. The van der Waals surface area contributed by atoms with Crippen LogP contribution in [0.1, 0.15) is 5.89 Å². The van der Waals surface area contributed by atoms with Crippen molar-refractivity contribution in [1.29, 1.82) is 0 Å². The van der Waals surface area contributed by atoms with Crippen molar-refractivity contribution in [3.05, 3.63) is 35.2 Å². The van der Waals surface area contributed by atoms with E-state index in [1.54, 1.807) is 19.2 Å². The van der Waals surface area contributed by atoms with Gasteiger partial charge in [0.15, 0.2) is 5.17 Å². The van der Waals surface area contributed by atoms with E-state index >= 15 is 0 Å². The fraction of sp³-hybridized carbons (Fsp3) is 0.250. The van der Waals surface area contributed by atoms with Gasteiger partial charge >= 0.3 is 0 Å². The van der Waals surface area contributed by atoms with Crippen LogP contribution in [0.25, 0.3) is 11.4 Å². The predicted octanol–water partition coefficient (Wildman–Crippen LogP) is 2.83. The van der Waals surface area contributed by atoms with Crippen molar-refractivity contribution in [2.45, 2.75) is 6.54 Å². The smallest absolute Gasteiger partial charge is 0.246 e. The summed E-state index contributed by atoms with van der Waals surface area (Å²) >= 11 is 7.45. The zero-order valence-corrected chi connectivity index (χ0v) is 12.1. The molecule has 7 heteroatoms. The Morgan fingerprint density at radius 2 is 2.37 bits per heavy atom. The maximum absolute atomic E-state index is 5.92. The fourth-order valence-electron chi connectivity index (χ4n) is 1.47. The van der Waals surface area contributed by atoms with Crippen molar-refractivity contribution in [3.8, 4) is 11.4 Å². The van der Waals surface area contributed by atoms with Gasteiger partial charge in [-0.05, 0) is 18.4 Å². The number of nitrogens with zero attached hydrogens (tertiary/aromatic N) is 3. The summed E-state index contributed by atoms with van der Waals surface area (Å²) < 4.78 is 5.17. The number of aliphatic imine (C=N–C) groups is 1. The molecule has 0 bridgehead atoms. The van der Waals surface area contributed by atoms with Crippen LogP contribution >= 0.6 is 23.4 Å². The van der Waals surface area contributed by atoms with Crippen LogP contribution < -0.4 is 5.32 Å². The molecule has 2 rings (SSSR count). The van der Waals surface area contributed by atoms with Crippen LogP contribution in [0.15, 0.2) is 33.8 Å². The maximum Gasteiger partial charge on any atom is 0.246 e. The molecule has 1 N–H and O–H groups in total. The molecular formula is C12H13ClN4OS. The fourth-order valence-corrected chi connectivity index (χ4v) is 2.05. The number of hydrogen-bond donors (Lipinski definition) is 1. The Morgan fingerprint density at radius 1 is 1.53 bits per heavy atom. The zero-order valence-electron chi connectivity index (χ0n) is 10.6. The first-order valence-electron chi connectivity index (χ1n) is 5.56. The van der Waals surface area contributed by atoms with Crippen LogP contribution in [-0.2, 0) is 6.54 Å². The van der Waals surface area contributed by atoms with E-state index in [1.165, 1.54) is 11.8 Å². The Bertz CT molecular complexity index is 585. The number of benzene rings is 1. The topological polar surface area (TPSA) is 63.3 Å². The van der Waals surface area contributed by atoms with Gasteiger partial charge in [0, 0.05) is 17.6 Å². The molecule has 1 heterocycles. The third kappa shape index (κ3) is 3.71. The molecule has 0 aliphatic heterocycles. The molecule has 0 amide bonds. The van der Waals surface area contributed by atoms with E-state index < -0.39 is 0 Å². The Balaban J connectivity index is 2.07. The number of rotatable bonds is 3. The van der Waals surface area contributed by atoms with Crippen LogP contribution in [0.3, 0.4) is 0 Å². The van der Waals surface area contributed by atoms with Crippen molar-refractivity contribution >= 4 is 28.5 Å². The van der Waals surface area contributed by atoms with Crippen molar-refractivity contribution in [2.24, 2.45) is 4.99 Å². The van der Waals surface area contributed by atoms with Crippen LogP contribution in [0.2, 0.25) is 5.02 Å². The minimum Gasteiger partial charge on any atom is -0.356 e. The van der Waals surface area contributed by atoms with E-state index in [2.05, 4.69) is 20.4 Å². The van der Waals surface area contributed by atoms with Crippen LogP contribution in [-0.4, -0.2) is 28.6 Å². The van der Waals surface area contributed by atoms with Gasteiger partial charge in [-0.15, -0.1) is 0 Å². The van der Waals surface area contributed by atoms with E-state index in [-0.39, 0.29) is 0 Å². The zero-order chi connectivity index (χ0) is 13.7. The molecule has 0 saturated heterocycles. The molecule has 0 fully saturated rings. The van der Waals surface area contributed by atoms with Gasteiger partial charge in [-0.1, -0.05) is 40.7 Å². The van der Waals surface area contributed by atoms with Crippen molar-refractivity contribution in [2.75, 3.05) is 13.3 Å². The molecule has 0 atom stereocenters. The molecule has 0 unspecified atom stereocenters. The van der Waals surface area contributed by atoms with Gasteiger partial charge < -0.3 is 9.84 Å². The normalized spacial score (nSPS) is 11.6. The summed E-state index contributed by atoms with van der Waals surface area (Å²) in [6.07, 6.45) is 1.94. The Kier molecular flexibility index (Phi) is 4.81. The number of nitrogens with one attached hydrogen (secondary N) is 1. The second-order valence-corrected chi connectivity index (χ2v) is 4.84. The van der Waals surface area contributed by atoms with E-state index in [1.807, 2.05) is 18.4 Å². The van der Waals surface area contributed by atoms with Crippen molar-refractivity contribution in [1.82, 2.24) is 15.5 Å². The minimum atomic E-state index is 0.446. The summed E-state index contributed by atoms with van der Waals surface area (Å²) in [6, 6.07) is 7.33. The quantitative estimate of drug-likeness (QED) is 0.697. The van der Waals surface area contributed by atoms with E-state index in [9.17, 15) is 0 Å². The summed E-state index contributed by atoms with van der Waals surface area (Å²) in [7, 11) is 1.73. The Hall–Kier alpha value is -1.53. The van der Waals surface area contributed by atoms with Gasteiger partial charge in [-0.2, -0.15) is 4.98 Å². The number of hydrogen-bond acceptors (Lipinski definition) is 5. The standard InChI is InChI=1S/C12H13ClN4OS/c1-14-12(19-2)15-7-10-16-11(17-18-10)8-4-3-5-9(13)6-8/h3-6H,7H2,1-2H3,(H,14,15). The summed E-state index contributed by atoms with van der Waals surface area (Å²) in [5, 5.41) is 8.49. The predicted molar refractivity (Wildman–Crippen MR) is 78.5 cm³/mol. The van der Waals surface area contributed by atoms with Gasteiger partial charge in [-0.3, -0.25) is 4.99 Å². The molecule has 2 aromatic rings. The lowest BCUT2D eigenvalue weighted by atomic mass is 10.2. The third-order valence-electron chi connectivity index (χ3n) is 2.34. The lowest BCUT2D eigenvalue weighted by Gasteiger charge is -2.02. The molecule has 0 aliphatic rings. The van der Waals surface area contributed by atoms with Gasteiger partial charge in [0.25, 0.3) is 0 Å². The molecular weight excluding hydrogens is 284 g/mol. The van der Waals surface area contributed by atoms with Gasteiger partial charge in [0.05, 0.1) is 6.54 Å². The maximum atomic E-state index is 5.92. The number of thioether (sulfide) groups is 1. The molecule has 0 aliphatic carbocycles. The average Bonchev–Trinajstić information content (AvgIpc) is 2.89. The monoisotopic (exact) mass is 296 g/mol. The van der Waals surface area contributed by atoms with E-state index in [4.69, 9.17) is 16.1 Å². The number of amidine groups is 1. The number of aromatic nitrogens is 2. The van der Waals surface area contributed by atoms with Crippen LogP contribution in [0.5, 0.6) is 0 Å². The molecule has 19 heavy (non-hydrogen) atoms. The molecule has 5 nitrogen and oxygen atoms in total. The lowest BCUT2D eigenvalue weighted by Crippen LogP contribution is -2.19. The van der Waals surface area contributed by atoms with Crippen LogP contribution in [0, 0.1) is 0 Å². The molecule has 0 spiro atoms. The highest BCUT2D eigenvalue weighted by Crippen LogP contribution is 2.19. The average molecular weight is 297 g/mol. The molecule has 1 aromatic carbocycles. The first kappa shape index (κ1) is 13.9. The highest BCUT2D eigenvalue weighted by Gasteiger charge is 2.09. The third-order valence-corrected chi connectivity index (χ3v) is 3.29. The molecule has 0 radical (unpaired) electrons. The minimum absolute atomic E-state index is 0.446. The van der Waals surface area contributed by atoms with Gasteiger partial charge in [0.1, 0.15) is 0 Å². The van der Waals surface area contributed by atoms with Crippen molar-refractivity contribution in [3.63, 3.8) is 0 Å². The molecule has 1 aromatic heterocycles. The summed E-state index contributed by atoms with van der Waals surface area (Å²) in [5.41, 5.74) is 0.830. The SMILES string of the molecule is C/N=C(/NCc1nc(-c2cccc(Cl)c2)no1)SC. The number of halogens is 1. The first-order valence-corrected chi connectivity index (χ1v) is 7.16. The molecule has 100 valence electrons. The second-order valence-electron chi connectivity index (χ2n) is 3.61. The summed E-state index contributed by atoms with van der Waals surface area (Å²) in [6.45, 7) is 0.446. The van der Waals surface area contributed by atoms with E-state index in [0.717, 1.165) is 10.7 Å². The van der Waals surface area contributed by atoms with E-state index in [0.29, 0.717) is 23.3 Å². The Labute approximate surface area is 120 Å². The Morgan fingerprint density at radius 3 is 3.05 bits per heavy atom.